The summed E-state index contributed by atoms with van der Waals surface area (Å²) >= 11 is 0. The van der Waals surface area contributed by atoms with Crippen LogP contribution in [-0.2, 0) is 6.54 Å². The van der Waals surface area contributed by atoms with Crippen LogP contribution in [0.1, 0.15) is 24.7 Å². The lowest BCUT2D eigenvalue weighted by Gasteiger charge is -2.24. The van der Waals surface area contributed by atoms with E-state index in [0.29, 0.717) is 6.04 Å². The zero-order chi connectivity index (χ0) is 11.2. The maximum absolute atomic E-state index is 4.32. The first-order valence-corrected chi connectivity index (χ1v) is 5.96. The van der Waals surface area contributed by atoms with Crippen molar-refractivity contribution in [3.63, 3.8) is 0 Å². The van der Waals surface area contributed by atoms with Gasteiger partial charge in [-0.05, 0) is 18.8 Å². The van der Waals surface area contributed by atoms with E-state index in [4.69, 9.17) is 0 Å². The van der Waals surface area contributed by atoms with Gasteiger partial charge in [0, 0.05) is 13.1 Å². The maximum Gasteiger partial charge on any atom is 0.186 e. The first-order valence-electron chi connectivity index (χ1n) is 5.96. The van der Waals surface area contributed by atoms with Crippen LogP contribution in [0.5, 0.6) is 0 Å². The van der Waals surface area contributed by atoms with Gasteiger partial charge in [0.2, 0.25) is 0 Å². The Labute approximate surface area is 97.6 Å². The predicted molar refractivity (Wildman–Crippen MR) is 58.9 cm³/mol. The third-order valence-corrected chi connectivity index (χ3v) is 3.49. The minimum absolute atomic E-state index is 0.372. The molecule has 1 unspecified atom stereocenters. The van der Waals surface area contributed by atoms with Crippen LogP contribution in [0.25, 0.3) is 11.5 Å². The molecule has 1 fully saturated rings. The topological polar surface area (TPSA) is 84.3 Å². The summed E-state index contributed by atoms with van der Waals surface area (Å²) in [5, 5.41) is 22.6. The Morgan fingerprint density at radius 1 is 1.29 bits per heavy atom. The molecule has 0 radical (unpaired) electrons. The Balaban J connectivity index is 1.79. The number of aromatic amines is 1. The van der Waals surface area contributed by atoms with E-state index in [1.165, 1.54) is 12.8 Å². The minimum Gasteiger partial charge on any atom is -0.307 e. The highest BCUT2D eigenvalue weighted by Crippen LogP contribution is 2.41. The van der Waals surface area contributed by atoms with Gasteiger partial charge in [0.05, 0.1) is 12.2 Å². The first kappa shape index (κ1) is 9.29. The number of nitrogens with one attached hydrogen (secondary N) is 2. The van der Waals surface area contributed by atoms with Crippen LogP contribution in [0.15, 0.2) is 6.20 Å². The summed E-state index contributed by atoms with van der Waals surface area (Å²) in [6.45, 7) is 1.87. The monoisotopic (exact) mass is 231 g/mol. The number of hydrogen-bond donors (Lipinski definition) is 2. The van der Waals surface area contributed by atoms with Crippen molar-refractivity contribution in [2.45, 2.75) is 25.4 Å². The molecule has 7 nitrogen and oxygen atoms in total. The SMILES string of the molecule is c1n[nH]nc1-c1nnc2n1CCNC2C1CC1. The molecule has 4 rings (SSSR count). The van der Waals surface area contributed by atoms with E-state index in [9.17, 15) is 0 Å². The van der Waals surface area contributed by atoms with Crippen molar-refractivity contribution in [3.8, 4) is 11.5 Å². The van der Waals surface area contributed by atoms with Gasteiger partial charge in [0.1, 0.15) is 5.69 Å². The molecule has 0 saturated heterocycles. The van der Waals surface area contributed by atoms with Crippen LogP contribution in [0.4, 0.5) is 0 Å². The molecule has 1 atom stereocenters. The molecule has 3 heterocycles. The third-order valence-electron chi connectivity index (χ3n) is 3.49. The first-order chi connectivity index (χ1) is 8.43. The van der Waals surface area contributed by atoms with Crippen molar-refractivity contribution in [3.05, 3.63) is 12.0 Å². The van der Waals surface area contributed by atoms with Gasteiger partial charge < -0.3 is 9.88 Å². The van der Waals surface area contributed by atoms with Crippen molar-refractivity contribution < 1.29 is 0 Å². The lowest BCUT2D eigenvalue weighted by Crippen LogP contribution is -2.35. The molecule has 0 amide bonds. The number of H-pyrrole nitrogens is 1. The Kier molecular flexibility index (Phi) is 1.84. The van der Waals surface area contributed by atoms with E-state index in [-0.39, 0.29) is 0 Å². The molecule has 0 bridgehead atoms. The van der Waals surface area contributed by atoms with E-state index >= 15 is 0 Å². The summed E-state index contributed by atoms with van der Waals surface area (Å²) in [7, 11) is 0. The van der Waals surface area contributed by atoms with Gasteiger partial charge in [0.25, 0.3) is 0 Å². The molecule has 1 aliphatic carbocycles. The Morgan fingerprint density at radius 3 is 3.00 bits per heavy atom. The van der Waals surface area contributed by atoms with Crippen LogP contribution >= 0.6 is 0 Å². The van der Waals surface area contributed by atoms with Crippen molar-refractivity contribution in [1.29, 1.82) is 0 Å². The van der Waals surface area contributed by atoms with Gasteiger partial charge in [-0.3, -0.25) is 0 Å². The average molecular weight is 231 g/mol. The number of aromatic nitrogens is 6. The minimum atomic E-state index is 0.372. The summed E-state index contributed by atoms with van der Waals surface area (Å²) in [6.07, 6.45) is 4.28. The van der Waals surface area contributed by atoms with E-state index in [1.54, 1.807) is 6.20 Å². The molecule has 2 aliphatic rings. The molecular formula is C10H13N7. The van der Waals surface area contributed by atoms with Gasteiger partial charge in [-0.15, -0.1) is 10.2 Å². The summed E-state index contributed by atoms with van der Waals surface area (Å²) in [5.41, 5.74) is 0.764. The second-order valence-corrected chi connectivity index (χ2v) is 4.66. The lowest BCUT2D eigenvalue weighted by molar-refractivity contribution is 0.383. The fourth-order valence-electron chi connectivity index (χ4n) is 2.49. The Morgan fingerprint density at radius 2 is 2.24 bits per heavy atom. The maximum atomic E-state index is 4.32. The van der Waals surface area contributed by atoms with Crippen molar-refractivity contribution in [2.24, 2.45) is 5.92 Å². The molecule has 0 aromatic carbocycles. The molecule has 1 aliphatic heterocycles. The third kappa shape index (κ3) is 1.39. The molecular weight excluding hydrogens is 218 g/mol. The Hall–Kier alpha value is -1.76. The number of rotatable bonds is 2. The van der Waals surface area contributed by atoms with E-state index in [0.717, 1.165) is 36.4 Å². The molecule has 2 aromatic rings. The number of hydrogen-bond acceptors (Lipinski definition) is 5. The molecule has 7 heteroatoms. The highest BCUT2D eigenvalue weighted by Gasteiger charge is 2.37. The van der Waals surface area contributed by atoms with Gasteiger partial charge in [-0.2, -0.15) is 15.4 Å². The normalized spacial score (nSPS) is 23.6. The highest BCUT2D eigenvalue weighted by molar-refractivity contribution is 5.47. The van der Waals surface area contributed by atoms with Gasteiger partial charge in [-0.1, -0.05) is 0 Å². The fourth-order valence-corrected chi connectivity index (χ4v) is 2.49. The van der Waals surface area contributed by atoms with E-state index < -0.39 is 0 Å². The number of fused-ring (bicyclic) bond motifs is 1. The molecule has 0 spiro atoms. The van der Waals surface area contributed by atoms with Crippen LogP contribution in [0.3, 0.4) is 0 Å². The predicted octanol–water partition coefficient (Wildman–Crippen LogP) is 0.117. The molecule has 17 heavy (non-hydrogen) atoms. The summed E-state index contributed by atoms with van der Waals surface area (Å²) in [4.78, 5) is 0. The molecule has 2 aromatic heterocycles. The smallest absolute Gasteiger partial charge is 0.186 e. The zero-order valence-electron chi connectivity index (χ0n) is 9.30. The van der Waals surface area contributed by atoms with Gasteiger partial charge in [-0.25, -0.2) is 0 Å². The summed E-state index contributed by atoms with van der Waals surface area (Å²) in [6, 6.07) is 0.372. The highest BCUT2D eigenvalue weighted by atomic mass is 15.4. The van der Waals surface area contributed by atoms with Crippen LogP contribution < -0.4 is 5.32 Å². The van der Waals surface area contributed by atoms with Crippen LogP contribution in [0.2, 0.25) is 0 Å². The van der Waals surface area contributed by atoms with Crippen molar-refractivity contribution >= 4 is 0 Å². The second-order valence-electron chi connectivity index (χ2n) is 4.66. The van der Waals surface area contributed by atoms with Gasteiger partial charge >= 0.3 is 0 Å². The Bertz CT molecular complexity index is 525. The summed E-state index contributed by atoms with van der Waals surface area (Å²) in [5.74, 6) is 2.61. The van der Waals surface area contributed by atoms with Crippen LogP contribution in [-0.4, -0.2) is 36.7 Å². The fraction of sp³-hybridized carbons (Fsp3) is 0.600. The molecule has 2 N–H and O–H groups in total. The van der Waals surface area contributed by atoms with E-state index in [2.05, 4.69) is 35.5 Å². The average Bonchev–Trinajstić information content (AvgIpc) is 2.90. The molecule has 1 saturated carbocycles. The lowest BCUT2D eigenvalue weighted by atomic mass is 10.1. The number of nitrogens with zero attached hydrogens (tertiary/aromatic N) is 5. The second kappa shape index (κ2) is 3.36. The van der Waals surface area contributed by atoms with Crippen LogP contribution in [0, 0.1) is 5.92 Å². The largest absolute Gasteiger partial charge is 0.307 e. The van der Waals surface area contributed by atoms with Gasteiger partial charge in [0.15, 0.2) is 11.6 Å². The molecule has 88 valence electrons. The standard InChI is InChI=1S/C10H13N7/c1-2-6(1)8-10-15-14-9(7-5-12-16-13-7)17(10)4-3-11-8/h5-6,8,11H,1-4H2,(H,12,13,16). The van der Waals surface area contributed by atoms with E-state index in [1.807, 2.05) is 0 Å². The quantitative estimate of drug-likeness (QED) is 0.766. The summed E-state index contributed by atoms with van der Waals surface area (Å²) < 4.78 is 2.16. The van der Waals surface area contributed by atoms with Crippen molar-refractivity contribution in [2.75, 3.05) is 6.54 Å². The zero-order valence-corrected chi connectivity index (χ0v) is 9.30. The van der Waals surface area contributed by atoms with Crippen molar-refractivity contribution in [1.82, 2.24) is 35.5 Å².